The fourth-order valence-corrected chi connectivity index (χ4v) is 6.55. The van der Waals surface area contributed by atoms with E-state index in [4.69, 9.17) is 23.8 Å². The minimum atomic E-state index is -0.361. The molecule has 0 saturated carbocycles. The van der Waals surface area contributed by atoms with Crippen LogP contribution >= 0.6 is 35.6 Å². The molecular weight excluding hydrogens is 572 g/mol. The summed E-state index contributed by atoms with van der Waals surface area (Å²) in [5, 5.41) is 13.8. The molecule has 220 valence electrons. The zero-order chi connectivity index (χ0) is 29.8. The van der Waals surface area contributed by atoms with Crippen molar-refractivity contribution in [1.82, 2.24) is 9.47 Å². The van der Waals surface area contributed by atoms with Crippen LogP contribution in [0.15, 0.2) is 34.0 Å². The molecular formula is C32H41ClN4O2S2. The van der Waals surface area contributed by atoms with Crippen LogP contribution in [-0.2, 0) is 17.9 Å². The van der Waals surface area contributed by atoms with Gasteiger partial charge in [-0.3, -0.25) is 19.1 Å². The topological polar surface area (TPSA) is 78.1 Å². The van der Waals surface area contributed by atoms with Crippen molar-refractivity contribution in [2.45, 2.75) is 98.1 Å². The number of rotatable bonds is 16. The standard InChI is InChI=1S/C32H41ClN4O2S2/c1-4-6-7-8-9-10-11-12-13-16-19-37-31(39)28(41-32(37)40)20-25-23(3)26(21-34)30(38)36(5-2)29(25)35-22-24-17-14-15-18-27(24)33/h14-15,17-18,20,35H,4-13,16,19,22H2,1-3H3/b28-20+. The fourth-order valence-electron chi connectivity index (χ4n) is 5.06. The largest absolute Gasteiger partial charge is 0.367 e. The number of halogens is 1. The molecule has 1 amide bonds. The van der Waals surface area contributed by atoms with Crippen molar-refractivity contribution in [2.24, 2.45) is 0 Å². The zero-order valence-corrected chi connectivity index (χ0v) is 26.8. The average molecular weight is 613 g/mol. The first kappa shape index (κ1) is 32.9. The highest BCUT2D eigenvalue weighted by molar-refractivity contribution is 8.26. The van der Waals surface area contributed by atoms with Crippen molar-refractivity contribution in [3.8, 4) is 6.07 Å². The van der Waals surface area contributed by atoms with E-state index in [2.05, 4.69) is 18.3 Å². The maximum atomic E-state index is 13.4. The van der Waals surface area contributed by atoms with Crippen LogP contribution < -0.4 is 10.9 Å². The molecule has 2 heterocycles. The summed E-state index contributed by atoms with van der Waals surface area (Å²) >= 11 is 13.2. The minimum Gasteiger partial charge on any atom is -0.367 e. The van der Waals surface area contributed by atoms with E-state index >= 15 is 0 Å². The van der Waals surface area contributed by atoms with Crippen LogP contribution in [0.25, 0.3) is 6.08 Å². The van der Waals surface area contributed by atoms with Gasteiger partial charge in [0, 0.05) is 30.2 Å². The van der Waals surface area contributed by atoms with Crippen molar-refractivity contribution in [3.63, 3.8) is 0 Å². The molecule has 1 aliphatic rings. The second-order valence-electron chi connectivity index (χ2n) is 10.4. The van der Waals surface area contributed by atoms with Gasteiger partial charge >= 0.3 is 0 Å². The summed E-state index contributed by atoms with van der Waals surface area (Å²) < 4.78 is 2.09. The summed E-state index contributed by atoms with van der Waals surface area (Å²) in [4.78, 5) is 28.7. The van der Waals surface area contributed by atoms with Gasteiger partial charge in [-0.1, -0.05) is 118 Å². The number of benzene rings is 1. The van der Waals surface area contributed by atoms with Crippen molar-refractivity contribution < 1.29 is 4.79 Å². The third kappa shape index (κ3) is 8.70. The Morgan fingerprint density at radius 2 is 1.66 bits per heavy atom. The molecule has 0 aliphatic carbocycles. The van der Waals surface area contributed by atoms with Gasteiger partial charge in [0.2, 0.25) is 0 Å². The number of unbranched alkanes of at least 4 members (excludes halogenated alkanes) is 9. The molecule has 6 nitrogen and oxygen atoms in total. The van der Waals surface area contributed by atoms with Crippen LogP contribution in [0, 0.1) is 18.3 Å². The van der Waals surface area contributed by atoms with Gasteiger partial charge < -0.3 is 5.32 Å². The van der Waals surface area contributed by atoms with Crippen LogP contribution in [0.2, 0.25) is 5.02 Å². The van der Waals surface area contributed by atoms with Crippen LogP contribution in [-0.4, -0.2) is 26.2 Å². The first-order chi connectivity index (χ1) is 19.8. The van der Waals surface area contributed by atoms with Gasteiger partial charge in [-0.15, -0.1) is 0 Å². The number of thioether (sulfide) groups is 1. The third-order valence-electron chi connectivity index (χ3n) is 7.48. The van der Waals surface area contributed by atoms with Gasteiger partial charge in [0.25, 0.3) is 11.5 Å². The van der Waals surface area contributed by atoms with E-state index < -0.39 is 0 Å². The predicted octanol–water partition coefficient (Wildman–Crippen LogP) is 8.44. The van der Waals surface area contributed by atoms with Gasteiger partial charge in [0.05, 0.1) is 4.91 Å². The van der Waals surface area contributed by atoms with E-state index in [9.17, 15) is 14.9 Å². The lowest BCUT2D eigenvalue weighted by molar-refractivity contribution is -0.122. The minimum absolute atomic E-state index is 0.0715. The lowest BCUT2D eigenvalue weighted by Crippen LogP contribution is -2.29. The van der Waals surface area contributed by atoms with Gasteiger partial charge in [-0.25, -0.2) is 0 Å². The molecule has 1 fully saturated rings. The average Bonchev–Trinajstić information content (AvgIpc) is 3.22. The highest BCUT2D eigenvalue weighted by Gasteiger charge is 2.32. The van der Waals surface area contributed by atoms with E-state index in [0.717, 1.165) is 18.4 Å². The van der Waals surface area contributed by atoms with Crippen molar-refractivity contribution >= 4 is 57.7 Å². The van der Waals surface area contributed by atoms with Crippen LogP contribution in [0.3, 0.4) is 0 Å². The quantitative estimate of drug-likeness (QED) is 0.116. The first-order valence-corrected chi connectivity index (χ1v) is 16.3. The molecule has 0 atom stereocenters. The Balaban J connectivity index is 1.74. The number of pyridine rings is 1. The highest BCUT2D eigenvalue weighted by Crippen LogP contribution is 2.35. The summed E-state index contributed by atoms with van der Waals surface area (Å²) in [7, 11) is 0. The smallest absolute Gasteiger partial charge is 0.270 e. The van der Waals surface area contributed by atoms with E-state index in [1.807, 2.05) is 31.2 Å². The zero-order valence-electron chi connectivity index (χ0n) is 24.4. The Morgan fingerprint density at radius 1 is 1.02 bits per heavy atom. The van der Waals surface area contributed by atoms with Crippen LogP contribution in [0.4, 0.5) is 5.82 Å². The number of carbonyl (C=O) groups excluding carboxylic acids is 1. The number of nitrogens with zero attached hydrogens (tertiary/aromatic N) is 3. The maximum Gasteiger partial charge on any atom is 0.270 e. The molecule has 2 aromatic rings. The molecule has 0 radical (unpaired) electrons. The lowest BCUT2D eigenvalue weighted by atomic mass is 10.0. The Labute approximate surface area is 259 Å². The fraction of sp³-hybridized carbons (Fsp3) is 0.500. The number of amides is 1. The molecule has 1 N–H and O–H groups in total. The van der Waals surface area contributed by atoms with Crippen molar-refractivity contribution in [1.29, 1.82) is 5.26 Å². The highest BCUT2D eigenvalue weighted by atomic mass is 35.5. The Hall–Kier alpha value is -2.60. The number of nitrogens with one attached hydrogen (secondary N) is 1. The number of nitriles is 1. The van der Waals surface area contributed by atoms with E-state index in [1.54, 1.807) is 22.5 Å². The molecule has 0 unspecified atom stereocenters. The van der Waals surface area contributed by atoms with Gasteiger partial charge in [-0.2, -0.15) is 5.26 Å². The Morgan fingerprint density at radius 3 is 2.27 bits per heavy atom. The summed E-state index contributed by atoms with van der Waals surface area (Å²) in [5.41, 5.74) is 1.75. The molecule has 1 aliphatic heterocycles. The molecule has 0 bridgehead atoms. The molecule has 1 saturated heterocycles. The SMILES string of the molecule is CCCCCCCCCCCCN1C(=O)/C(=C\c2c(C)c(C#N)c(=O)n(CC)c2NCc2ccccc2Cl)SC1=S. The Bertz CT molecular complexity index is 1360. The van der Waals surface area contributed by atoms with Gasteiger partial charge in [-0.05, 0) is 43.5 Å². The van der Waals surface area contributed by atoms with Gasteiger partial charge in [0.1, 0.15) is 21.8 Å². The van der Waals surface area contributed by atoms with Crippen LogP contribution in [0.1, 0.15) is 100 Å². The molecule has 1 aromatic heterocycles. The molecule has 9 heteroatoms. The summed E-state index contributed by atoms with van der Waals surface area (Å²) in [6.45, 7) is 7.19. The molecule has 1 aromatic carbocycles. The second-order valence-corrected chi connectivity index (χ2v) is 12.5. The number of aromatic nitrogens is 1. The predicted molar refractivity (Wildman–Crippen MR) is 176 cm³/mol. The van der Waals surface area contributed by atoms with Crippen LogP contribution in [0.5, 0.6) is 0 Å². The Kier molecular flexibility index (Phi) is 13.4. The summed E-state index contributed by atoms with van der Waals surface area (Å²) in [6, 6.07) is 9.56. The van der Waals surface area contributed by atoms with Crippen molar-refractivity contribution in [3.05, 3.63) is 66.8 Å². The second kappa shape index (κ2) is 16.7. The monoisotopic (exact) mass is 612 g/mol. The summed E-state index contributed by atoms with van der Waals surface area (Å²) in [5.74, 6) is 0.425. The number of carbonyl (C=O) groups is 1. The maximum absolute atomic E-state index is 13.4. The number of thiocarbonyl (C=S) groups is 1. The molecule has 0 spiro atoms. The van der Waals surface area contributed by atoms with Crippen molar-refractivity contribution in [2.75, 3.05) is 11.9 Å². The first-order valence-electron chi connectivity index (χ1n) is 14.7. The third-order valence-corrected chi connectivity index (χ3v) is 9.23. The van der Waals surface area contributed by atoms with E-state index in [1.165, 1.54) is 63.1 Å². The molecule has 3 rings (SSSR count). The lowest BCUT2D eigenvalue weighted by Gasteiger charge is -2.20. The number of anilines is 1. The van der Waals surface area contributed by atoms with E-state index in [-0.39, 0.29) is 17.0 Å². The number of hydrogen-bond donors (Lipinski definition) is 1. The number of hydrogen-bond acceptors (Lipinski definition) is 6. The summed E-state index contributed by atoms with van der Waals surface area (Å²) in [6.07, 6.45) is 14.1. The normalized spacial score (nSPS) is 14.2. The van der Waals surface area contributed by atoms with E-state index in [0.29, 0.717) is 50.8 Å². The molecule has 41 heavy (non-hydrogen) atoms. The van der Waals surface area contributed by atoms with Gasteiger partial charge in [0.15, 0.2) is 0 Å².